The molecule has 1 atom stereocenters. The summed E-state index contributed by atoms with van der Waals surface area (Å²) >= 11 is 0. The number of hydrogen-bond donors (Lipinski definition) is 2. The molecule has 122 valence electrons. The predicted molar refractivity (Wildman–Crippen MR) is 79.5 cm³/mol. The maximum absolute atomic E-state index is 12.2. The first kappa shape index (κ1) is 16.5. The normalized spacial score (nSPS) is 15.4. The fraction of sp³-hybridized carbons (Fsp3) is 0.333. The van der Waals surface area contributed by atoms with Gasteiger partial charge in [-0.2, -0.15) is 0 Å². The van der Waals surface area contributed by atoms with E-state index in [1.807, 2.05) is 0 Å². The third kappa shape index (κ3) is 3.47. The van der Waals surface area contributed by atoms with E-state index in [0.29, 0.717) is 5.56 Å². The largest absolute Gasteiger partial charge is 0.479 e. The molecule has 0 radical (unpaired) electrons. The van der Waals surface area contributed by atoms with Crippen molar-refractivity contribution in [1.82, 2.24) is 15.1 Å². The van der Waals surface area contributed by atoms with E-state index < -0.39 is 24.1 Å². The highest BCUT2D eigenvalue weighted by molar-refractivity contribution is 6.03. The molecule has 1 unspecified atom stereocenters. The lowest BCUT2D eigenvalue weighted by atomic mass is 10.1. The van der Waals surface area contributed by atoms with Gasteiger partial charge in [0.25, 0.3) is 0 Å². The summed E-state index contributed by atoms with van der Waals surface area (Å²) in [5.41, 5.74) is 0.390. The summed E-state index contributed by atoms with van der Waals surface area (Å²) in [5, 5.41) is 11.6. The Labute approximate surface area is 132 Å². The second-order valence-corrected chi connectivity index (χ2v) is 4.96. The highest BCUT2D eigenvalue weighted by Gasteiger charge is 2.37. The molecule has 0 spiro atoms. The van der Waals surface area contributed by atoms with E-state index in [1.165, 1.54) is 0 Å². The number of nitrogens with one attached hydrogen (secondary N) is 1. The molecule has 2 N–H and O–H groups in total. The molecule has 1 aromatic rings. The van der Waals surface area contributed by atoms with Gasteiger partial charge in [-0.25, -0.2) is 19.3 Å². The summed E-state index contributed by atoms with van der Waals surface area (Å²) in [6, 6.07) is 5.33. The molecule has 23 heavy (non-hydrogen) atoms. The predicted octanol–water partition coefficient (Wildman–Crippen LogP) is 1.20. The van der Waals surface area contributed by atoms with Crippen molar-refractivity contribution in [3.63, 3.8) is 0 Å². The van der Waals surface area contributed by atoms with Crippen molar-refractivity contribution in [2.75, 3.05) is 13.1 Å². The number of carboxylic acids is 1. The highest BCUT2D eigenvalue weighted by atomic mass is 16.4. The van der Waals surface area contributed by atoms with Crippen LogP contribution in [-0.2, 0) is 9.59 Å². The van der Waals surface area contributed by atoms with Crippen LogP contribution in [0.4, 0.5) is 9.59 Å². The fourth-order valence-electron chi connectivity index (χ4n) is 2.28. The Hall–Kier alpha value is -2.90. The number of carbonyl (C=O) groups is 4. The number of amides is 5. The summed E-state index contributed by atoms with van der Waals surface area (Å²) in [4.78, 5) is 49.0. The molecule has 0 bridgehead atoms. The van der Waals surface area contributed by atoms with E-state index >= 15 is 0 Å². The van der Waals surface area contributed by atoms with Crippen LogP contribution in [0.25, 0.3) is 0 Å². The lowest BCUT2D eigenvalue weighted by Crippen LogP contribution is -2.46. The molecule has 1 fully saturated rings. The van der Waals surface area contributed by atoms with Crippen LogP contribution in [0.5, 0.6) is 0 Å². The summed E-state index contributed by atoms with van der Waals surface area (Å²) < 4.78 is 0. The second-order valence-electron chi connectivity index (χ2n) is 4.96. The number of aliphatic carboxylic acids is 1. The molecule has 5 amide bonds. The van der Waals surface area contributed by atoms with Crippen LogP contribution in [0, 0.1) is 0 Å². The van der Waals surface area contributed by atoms with Crippen LogP contribution in [-0.4, -0.2) is 51.9 Å². The highest BCUT2D eigenvalue weighted by Crippen LogP contribution is 2.15. The van der Waals surface area contributed by atoms with Gasteiger partial charge in [0.05, 0.1) is 6.54 Å². The monoisotopic (exact) mass is 319 g/mol. The van der Waals surface area contributed by atoms with E-state index in [-0.39, 0.29) is 25.4 Å². The Balaban J connectivity index is 2.10. The van der Waals surface area contributed by atoms with Crippen LogP contribution in [0.1, 0.15) is 24.9 Å². The topological polar surface area (TPSA) is 107 Å². The maximum Gasteiger partial charge on any atom is 0.334 e. The average Bonchev–Trinajstić information content (AvgIpc) is 2.94. The summed E-state index contributed by atoms with van der Waals surface area (Å²) in [5.74, 6) is -1.61. The Morgan fingerprint density at radius 3 is 2.35 bits per heavy atom. The number of hydrogen-bond acceptors (Lipinski definition) is 4. The van der Waals surface area contributed by atoms with E-state index in [0.717, 1.165) is 9.80 Å². The second kappa shape index (κ2) is 6.91. The van der Waals surface area contributed by atoms with E-state index in [4.69, 9.17) is 0 Å². The smallest absolute Gasteiger partial charge is 0.334 e. The van der Waals surface area contributed by atoms with Crippen LogP contribution in [0.2, 0.25) is 0 Å². The Morgan fingerprint density at radius 1 is 1.17 bits per heavy atom. The lowest BCUT2D eigenvalue weighted by Gasteiger charge is -2.20. The molecule has 0 aliphatic carbocycles. The van der Waals surface area contributed by atoms with Crippen molar-refractivity contribution < 1.29 is 24.3 Å². The number of imide groups is 2. The molecule has 8 heteroatoms. The van der Waals surface area contributed by atoms with Crippen LogP contribution in [0.3, 0.4) is 0 Å². The molecule has 1 saturated heterocycles. The molecule has 2 rings (SSSR count). The molecule has 1 heterocycles. The molecule has 1 aliphatic heterocycles. The zero-order chi connectivity index (χ0) is 17.0. The molecule has 0 aromatic heterocycles. The Bertz CT molecular complexity index is 631. The van der Waals surface area contributed by atoms with Gasteiger partial charge in [0.2, 0.25) is 5.91 Å². The minimum atomic E-state index is -1.27. The minimum absolute atomic E-state index is 0.0392. The van der Waals surface area contributed by atoms with Gasteiger partial charge in [-0.3, -0.25) is 9.69 Å². The third-order valence-corrected chi connectivity index (χ3v) is 3.51. The first-order chi connectivity index (χ1) is 11.0. The van der Waals surface area contributed by atoms with Crippen LogP contribution in [0.15, 0.2) is 30.3 Å². The van der Waals surface area contributed by atoms with Gasteiger partial charge >= 0.3 is 18.0 Å². The van der Waals surface area contributed by atoms with Crippen molar-refractivity contribution in [1.29, 1.82) is 0 Å². The molecule has 1 aromatic carbocycles. The van der Waals surface area contributed by atoms with Gasteiger partial charge < -0.3 is 10.4 Å². The van der Waals surface area contributed by atoms with Gasteiger partial charge in [-0.15, -0.1) is 0 Å². The van der Waals surface area contributed by atoms with Crippen molar-refractivity contribution in [2.45, 2.75) is 19.4 Å². The zero-order valence-corrected chi connectivity index (χ0v) is 12.6. The molecule has 1 aliphatic rings. The number of carbonyl (C=O) groups excluding carboxylic acids is 3. The quantitative estimate of drug-likeness (QED) is 0.867. The SMILES string of the molecule is CCC(=O)N1CCN(C(=O)NC(C(=O)O)c2ccccc2)C1=O. The van der Waals surface area contributed by atoms with Gasteiger partial charge in [0, 0.05) is 13.0 Å². The number of rotatable bonds is 4. The Morgan fingerprint density at radius 2 is 1.78 bits per heavy atom. The first-order valence-corrected chi connectivity index (χ1v) is 7.15. The minimum Gasteiger partial charge on any atom is -0.479 e. The number of carboxylic acid groups (broad SMARTS) is 1. The molecule has 8 nitrogen and oxygen atoms in total. The molecule has 0 saturated carbocycles. The van der Waals surface area contributed by atoms with E-state index in [1.54, 1.807) is 37.3 Å². The first-order valence-electron chi connectivity index (χ1n) is 7.15. The molecular formula is C15H17N3O5. The van der Waals surface area contributed by atoms with Crippen LogP contribution >= 0.6 is 0 Å². The van der Waals surface area contributed by atoms with Gasteiger partial charge in [-0.1, -0.05) is 37.3 Å². The van der Waals surface area contributed by atoms with Gasteiger partial charge in [0.1, 0.15) is 0 Å². The third-order valence-electron chi connectivity index (χ3n) is 3.51. The fourth-order valence-corrected chi connectivity index (χ4v) is 2.28. The van der Waals surface area contributed by atoms with Gasteiger partial charge in [0.15, 0.2) is 6.04 Å². The maximum atomic E-state index is 12.2. The van der Waals surface area contributed by atoms with Crippen molar-refractivity contribution in [3.8, 4) is 0 Å². The zero-order valence-electron chi connectivity index (χ0n) is 12.6. The number of benzene rings is 1. The van der Waals surface area contributed by atoms with E-state index in [9.17, 15) is 24.3 Å². The summed E-state index contributed by atoms with van der Waals surface area (Å²) in [6.07, 6.45) is 0.156. The average molecular weight is 319 g/mol. The van der Waals surface area contributed by atoms with Crippen LogP contribution < -0.4 is 5.32 Å². The van der Waals surface area contributed by atoms with E-state index in [2.05, 4.69) is 5.32 Å². The summed E-state index contributed by atoms with van der Waals surface area (Å²) in [6.45, 7) is 1.77. The van der Waals surface area contributed by atoms with Crippen molar-refractivity contribution >= 4 is 23.9 Å². The van der Waals surface area contributed by atoms with Crippen molar-refractivity contribution in [2.24, 2.45) is 0 Å². The van der Waals surface area contributed by atoms with Crippen molar-refractivity contribution in [3.05, 3.63) is 35.9 Å². The number of urea groups is 2. The standard InChI is InChI=1S/C15H17N3O5/c1-2-11(19)17-8-9-18(15(17)23)14(22)16-12(13(20)21)10-6-4-3-5-7-10/h3-7,12H,2,8-9H2,1H3,(H,16,22)(H,20,21). The Kier molecular flexibility index (Phi) is 4.95. The van der Waals surface area contributed by atoms with Gasteiger partial charge in [-0.05, 0) is 5.56 Å². The summed E-state index contributed by atoms with van der Waals surface area (Å²) in [7, 11) is 0. The molecular weight excluding hydrogens is 302 g/mol. The number of nitrogens with zero attached hydrogens (tertiary/aromatic N) is 2. The lowest BCUT2D eigenvalue weighted by molar-refractivity contribution is -0.139.